The van der Waals surface area contributed by atoms with Crippen LogP contribution in [-0.4, -0.2) is 6.26 Å². The first-order valence-electron chi connectivity index (χ1n) is 2.98. The number of halogens is 2. The Hall–Kier alpha value is -0.410. The summed E-state index contributed by atoms with van der Waals surface area (Å²) in [4.78, 5) is 0. The molecule has 0 saturated heterocycles. The summed E-state index contributed by atoms with van der Waals surface area (Å²) in [5.74, 6) is -0.390. The predicted molar refractivity (Wildman–Crippen MR) is 48.5 cm³/mol. The summed E-state index contributed by atoms with van der Waals surface area (Å²) in [5, 5.41) is 0.143. The van der Waals surface area contributed by atoms with Gasteiger partial charge >= 0.3 is 0 Å². The fourth-order valence-electron chi connectivity index (χ4n) is 0.677. The molecule has 0 radical (unpaired) electrons. The van der Waals surface area contributed by atoms with Crippen molar-refractivity contribution in [2.24, 2.45) is 0 Å². The molecule has 0 aliphatic carbocycles. The van der Waals surface area contributed by atoms with Crippen molar-refractivity contribution in [3.63, 3.8) is 0 Å². The summed E-state index contributed by atoms with van der Waals surface area (Å²) in [6, 6.07) is 4.52. The highest BCUT2D eigenvalue weighted by atomic mass is 35.5. The Morgan fingerprint density at radius 2 is 2.27 bits per heavy atom. The summed E-state index contributed by atoms with van der Waals surface area (Å²) >= 11 is 6.96. The van der Waals surface area contributed by atoms with E-state index in [2.05, 4.69) is 4.72 Å². The fraction of sp³-hybridized carbons (Fsp3) is 0.143. The van der Waals surface area contributed by atoms with Gasteiger partial charge in [0.05, 0.1) is 5.02 Å². The monoisotopic (exact) mass is 191 g/mol. The lowest BCUT2D eigenvalue weighted by Gasteiger charge is -2.01. The number of benzene rings is 1. The summed E-state index contributed by atoms with van der Waals surface area (Å²) in [6.07, 6.45) is 1.89. The van der Waals surface area contributed by atoms with Crippen molar-refractivity contribution in [2.75, 3.05) is 11.0 Å². The molecule has 0 bridgehead atoms. The van der Waals surface area contributed by atoms with Crippen molar-refractivity contribution in [3.05, 3.63) is 29.0 Å². The molecule has 0 saturated carbocycles. The quantitative estimate of drug-likeness (QED) is 0.721. The second kappa shape index (κ2) is 3.83. The van der Waals surface area contributed by atoms with Gasteiger partial charge in [0, 0.05) is 11.9 Å². The third-order valence-corrected chi connectivity index (χ3v) is 1.87. The summed E-state index contributed by atoms with van der Waals surface area (Å²) in [6.45, 7) is 0. The SMILES string of the molecule is CSNc1ccc(F)c(Cl)c1. The second-order valence-electron chi connectivity index (χ2n) is 1.94. The van der Waals surface area contributed by atoms with Crippen molar-refractivity contribution in [1.29, 1.82) is 0 Å². The third kappa shape index (κ3) is 2.27. The Bertz CT molecular complexity index is 254. The van der Waals surface area contributed by atoms with Gasteiger partial charge in [0.25, 0.3) is 0 Å². The van der Waals surface area contributed by atoms with E-state index >= 15 is 0 Å². The first kappa shape index (κ1) is 8.68. The average molecular weight is 192 g/mol. The lowest BCUT2D eigenvalue weighted by atomic mass is 10.3. The smallest absolute Gasteiger partial charge is 0.141 e. The Morgan fingerprint density at radius 1 is 1.55 bits per heavy atom. The Labute approximate surface area is 74.1 Å². The number of hydrogen-bond acceptors (Lipinski definition) is 2. The van der Waals surface area contributed by atoms with Crippen molar-refractivity contribution in [2.45, 2.75) is 0 Å². The maximum absolute atomic E-state index is 12.6. The molecule has 0 fully saturated rings. The van der Waals surface area contributed by atoms with E-state index in [9.17, 15) is 4.39 Å². The van der Waals surface area contributed by atoms with Gasteiger partial charge < -0.3 is 4.72 Å². The molecule has 1 nitrogen and oxygen atoms in total. The van der Waals surface area contributed by atoms with Crippen LogP contribution in [0.5, 0.6) is 0 Å². The van der Waals surface area contributed by atoms with E-state index < -0.39 is 5.82 Å². The molecule has 0 aromatic heterocycles. The van der Waals surface area contributed by atoms with Crippen LogP contribution in [0.2, 0.25) is 5.02 Å². The van der Waals surface area contributed by atoms with Crippen LogP contribution in [0, 0.1) is 5.82 Å². The fourth-order valence-corrected chi connectivity index (χ4v) is 1.22. The lowest BCUT2D eigenvalue weighted by molar-refractivity contribution is 0.628. The maximum atomic E-state index is 12.6. The molecule has 0 unspecified atom stereocenters. The lowest BCUT2D eigenvalue weighted by Crippen LogP contribution is -1.85. The molecule has 60 valence electrons. The van der Waals surface area contributed by atoms with Crippen LogP contribution in [-0.2, 0) is 0 Å². The molecule has 0 spiro atoms. The molecule has 0 amide bonds. The van der Waals surface area contributed by atoms with Crippen molar-refractivity contribution >= 4 is 29.2 Å². The molecule has 1 aromatic rings. The minimum Gasteiger partial charge on any atom is -0.330 e. The van der Waals surface area contributed by atoms with Gasteiger partial charge in [-0.15, -0.1) is 0 Å². The zero-order chi connectivity index (χ0) is 8.27. The molecule has 11 heavy (non-hydrogen) atoms. The van der Waals surface area contributed by atoms with E-state index in [1.807, 2.05) is 6.26 Å². The first-order valence-corrected chi connectivity index (χ1v) is 4.58. The number of anilines is 1. The average Bonchev–Trinajstić information content (AvgIpc) is 1.98. The molecular weight excluding hydrogens is 185 g/mol. The summed E-state index contributed by atoms with van der Waals surface area (Å²) < 4.78 is 15.5. The van der Waals surface area contributed by atoms with Gasteiger partial charge in [0.2, 0.25) is 0 Å². The van der Waals surface area contributed by atoms with E-state index in [-0.39, 0.29) is 5.02 Å². The minimum absolute atomic E-state index is 0.143. The molecule has 1 N–H and O–H groups in total. The van der Waals surface area contributed by atoms with E-state index in [0.29, 0.717) is 0 Å². The standard InChI is InChI=1S/C7H7ClFNS/c1-11-10-5-2-3-7(9)6(8)4-5/h2-4,10H,1H3. The van der Waals surface area contributed by atoms with E-state index in [1.54, 1.807) is 12.1 Å². The molecule has 1 rings (SSSR count). The van der Waals surface area contributed by atoms with Gasteiger partial charge in [-0.05, 0) is 18.2 Å². The van der Waals surface area contributed by atoms with Crippen molar-refractivity contribution < 1.29 is 4.39 Å². The Kier molecular flexibility index (Phi) is 3.02. The normalized spacial score (nSPS) is 9.73. The zero-order valence-corrected chi connectivity index (χ0v) is 7.47. The summed E-state index contributed by atoms with van der Waals surface area (Å²) in [7, 11) is 0. The second-order valence-corrected chi connectivity index (χ2v) is 2.95. The molecule has 0 heterocycles. The summed E-state index contributed by atoms with van der Waals surface area (Å²) in [5.41, 5.74) is 0.809. The van der Waals surface area contributed by atoms with E-state index in [0.717, 1.165) is 5.69 Å². The van der Waals surface area contributed by atoms with Gasteiger partial charge in [-0.3, -0.25) is 0 Å². The zero-order valence-electron chi connectivity index (χ0n) is 5.90. The van der Waals surface area contributed by atoms with Crippen LogP contribution in [0.1, 0.15) is 0 Å². The predicted octanol–water partition coefficient (Wildman–Crippen LogP) is 3.17. The Morgan fingerprint density at radius 3 is 2.82 bits per heavy atom. The number of rotatable bonds is 2. The molecule has 0 aliphatic rings. The molecule has 4 heteroatoms. The van der Waals surface area contributed by atoms with E-state index in [1.165, 1.54) is 18.0 Å². The van der Waals surface area contributed by atoms with Crippen LogP contribution in [0.15, 0.2) is 18.2 Å². The number of nitrogens with one attached hydrogen (secondary N) is 1. The first-order chi connectivity index (χ1) is 5.24. The van der Waals surface area contributed by atoms with Crippen molar-refractivity contribution in [1.82, 2.24) is 0 Å². The van der Waals surface area contributed by atoms with Crippen LogP contribution in [0.25, 0.3) is 0 Å². The van der Waals surface area contributed by atoms with Crippen molar-refractivity contribution in [3.8, 4) is 0 Å². The van der Waals surface area contributed by atoms with Gasteiger partial charge in [-0.2, -0.15) is 0 Å². The minimum atomic E-state index is -0.390. The van der Waals surface area contributed by atoms with Crippen LogP contribution >= 0.6 is 23.5 Å². The van der Waals surface area contributed by atoms with Gasteiger partial charge in [-0.25, -0.2) is 4.39 Å². The largest absolute Gasteiger partial charge is 0.330 e. The maximum Gasteiger partial charge on any atom is 0.141 e. The Balaban J connectivity index is 2.86. The molecular formula is C7H7ClFNS. The number of hydrogen-bond donors (Lipinski definition) is 1. The van der Waals surface area contributed by atoms with E-state index in [4.69, 9.17) is 11.6 Å². The highest BCUT2D eigenvalue weighted by Gasteiger charge is 1.98. The highest BCUT2D eigenvalue weighted by Crippen LogP contribution is 2.20. The van der Waals surface area contributed by atoms with Gasteiger partial charge in [-0.1, -0.05) is 23.5 Å². The topological polar surface area (TPSA) is 12.0 Å². The highest BCUT2D eigenvalue weighted by molar-refractivity contribution is 7.99. The molecule has 0 aliphatic heterocycles. The molecule has 0 atom stereocenters. The third-order valence-electron chi connectivity index (χ3n) is 1.14. The van der Waals surface area contributed by atoms with Gasteiger partial charge in [0.1, 0.15) is 5.82 Å². The van der Waals surface area contributed by atoms with Crippen LogP contribution in [0.3, 0.4) is 0 Å². The van der Waals surface area contributed by atoms with Crippen LogP contribution < -0.4 is 4.72 Å². The molecule has 1 aromatic carbocycles. The van der Waals surface area contributed by atoms with Gasteiger partial charge in [0.15, 0.2) is 0 Å². The van der Waals surface area contributed by atoms with Crippen LogP contribution in [0.4, 0.5) is 10.1 Å².